The third-order valence-corrected chi connectivity index (χ3v) is 1.96. The number of nitrogens with zero attached hydrogens (tertiary/aromatic N) is 3. The minimum atomic E-state index is 0.309. The molecular formula is C9H9ClN4O. The van der Waals surface area contributed by atoms with Crippen LogP contribution < -0.4 is 4.74 Å². The molecule has 0 aliphatic rings. The predicted octanol–water partition coefficient (Wildman–Crippen LogP) is 2.04. The summed E-state index contributed by atoms with van der Waals surface area (Å²) in [6.45, 7) is 1.89. The molecule has 2 heterocycles. The molecule has 5 nitrogen and oxygen atoms in total. The summed E-state index contributed by atoms with van der Waals surface area (Å²) in [5.41, 5.74) is 1.59. The van der Waals surface area contributed by atoms with Gasteiger partial charge in [-0.2, -0.15) is 0 Å². The van der Waals surface area contributed by atoms with Gasteiger partial charge in [0.05, 0.1) is 17.8 Å². The molecule has 6 heteroatoms. The summed E-state index contributed by atoms with van der Waals surface area (Å²) in [6.07, 6.45) is 3.11. The van der Waals surface area contributed by atoms with Crippen molar-refractivity contribution in [1.29, 1.82) is 0 Å². The Morgan fingerprint density at radius 1 is 1.40 bits per heavy atom. The molecule has 0 radical (unpaired) electrons. The SMILES string of the molecule is Cc1cc(Oc2cncc(CCl)n2)n[nH]1. The topological polar surface area (TPSA) is 63.7 Å². The van der Waals surface area contributed by atoms with Gasteiger partial charge in [0.1, 0.15) is 0 Å². The first-order chi connectivity index (χ1) is 7.28. The number of halogens is 1. The Bertz CT molecular complexity index is 457. The van der Waals surface area contributed by atoms with E-state index in [1.807, 2.05) is 6.92 Å². The summed E-state index contributed by atoms with van der Waals surface area (Å²) in [5, 5.41) is 6.69. The number of aromatic amines is 1. The van der Waals surface area contributed by atoms with Crippen LogP contribution in [0.3, 0.4) is 0 Å². The van der Waals surface area contributed by atoms with E-state index in [-0.39, 0.29) is 0 Å². The summed E-state index contributed by atoms with van der Waals surface area (Å²) in [7, 11) is 0. The van der Waals surface area contributed by atoms with Crippen LogP contribution in [0.5, 0.6) is 11.8 Å². The Balaban J connectivity index is 2.16. The summed E-state index contributed by atoms with van der Waals surface area (Å²) in [6, 6.07) is 1.77. The lowest BCUT2D eigenvalue weighted by Crippen LogP contribution is -1.93. The molecular weight excluding hydrogens is 216 g/mol. The average molecular weight is 225 g/mol. The van der Waals surface area contributed by atoms with Crippen LogP contribution in [0.25, 0.3) is 0 Å². The monoisotopic (exact) mass is 224 g/mol. The van der Waals surface area contributed by atoms with Crippen molar-refractivity contribution in [2.75, 3.05) is 0 Å². The van der Waals surface area contributed by atoms with E-state index < -0.39 is 0 Å². The maximum atomic E-state index is 5.63. The van der Waals surface area contributed by atoms with Crippen LogP contribution >= 0.6 is 11.6 Å². The van der Waals surface area contributed by atoms with Crippen LogP contribution in [0, 0.1) is 6.92 Å². The number of alkyl halides is 1. The first-order valence-electron chi connectivity index (χ1n) is 4.34. The van der Waals surface area contributed by atoms with Crippen molar-refractivity contribution < 1.29 is 4.74 Å². The van der Waals surface area contributed by atoms with Gasteiger partial charge in [0.15, 0.2) is 0 Å². The van der Waals surface area contributed by atoms with Crippen molar-refractivity contribution in [2.45, 2.75) is 12.8 Å². The summed E-state index contributed by atoms with van der Waals surface area (Å²) in [4.78, 5) is 8.07. The minimum Gasteiger partial charge on any atom is -0.417 e. The molecule has 0 saturated carbocycles. The summed E-state index contributed by atoms with van der Waals surface area (Å²) in [5.74, 6) is 1.16. The zero-order valence-electron chi connectivity index (χ0n) is 8.07. The van der Waals surface area contributed by atoms with Gasteiger partial charge in [0.2, 0.25) is 11.8 Å². The largest absolute Gasteiger partial charge is 0.417 e. The average Bonchev–Trinajstić information content (AvgIpc) is 2.64. The van der Waals surface area contributed by atoms with Gasteiger partial charge < -0.3 is 4.74 Å². The van der Waals surface area contributed by atoms with Gasteiger partial charge in [0, 0.05) is 18.0 Å². The van der Waals surface area contributed by atoms with E-state index in [1.54, 1.807) is 12.3 Å². The lowest BCUT2D eigenvalue weighted by Gasteiger charge is -2.00. The van der Waals surface area contributed by atoms with Gasteiger partial charge in [-0.1, -0.05) is 0 Å². The second-order valence-electron chi connectivity index (χ2n) is 2.97. The Labute approximate surface area is 91.5 Å². The molecule has 2 aromatic rings. The molecule has 0 aromatic carbocycles. The van der Waals surface area contributed by atoms with Crippen molar-refractivity contribution >= 4 is 11.6 Å². The lowest BCUT2D eigenvalue weighted by molar-refractivity contribution is 0.439. The van der Waals surface area contributed by atoms with E-state index in [9.17, 15) is 0 Å². The Hall–Kier alpha value is -1.62. The molecule has 0 spiro atoms. The fourth-order valence-corrected chi connectivity index (χ4v) is 1.18. The van der Waals surface area contributed by atoms with E-state index in [0.717, 1.165) is 5.69 Å². The number of hydrogen-bond acceptors (Lipinski definition) is 4. The predicted molar refractivity (Wildman–Crippen MR) is 55.0 cm³/mol. The van der Waals surface area contributed by atoms with Crippen molar-refractivity contribution in [1.82, 2.24) is 20.2 Å². The highest BCUT2D eigenvalue weighted by Crippen LogP contribution is 2.16. The Morgan fingerprint density at radius 2 is 2.27 bits per heavy atom. The van der Waals surface area contributed by atoms with Crippen LogP contribution in [0.4, 0.5) is 0 Å². The highest BCUT2D eigenvalue weighted by molar-refractivity contribution is 6.16. The number of hydrogen-bond donors (Lipinski definition) is 1. The molecule has 0 unspecified atom stereocenters. The van der Waals surface area contributed by atoms with Gasteiger partial charge in [-0.25, -0.2) is 4.98 Å². The van der Waals surface area contributed by atoms with E-state index >= 15 is 0 Å². The number of H-pyrrole nitrogens is 1. The number of nitrogens with one attached hydrogen (secondary N) is 1. The van der Waals surface area contributed by atoms with Gasteiger partial charge >= 0.3 is 0 Å². The molecule has 0 saturated heterocycles. The normalized spacial score (nSPS) is 10.3. The first kappa shape index (κ1) is 9.92. The second kappa shape index (κ2) is 4.27. The van der Waals surface area contributed by atoms with E-state index in [0.29, 0.717) is 23.3 Å². The number of ether oxygens (including phenoxy) is 1. The van der Waals surface area contributed by atoms with Crippen molar-refractivity contribution in [2.24, 2.45) is 0 Å². The number of aromatic nitrogens is 4. The summed E-state index contributed by atoms with van der Waals surface area (Å²) < 4.78 is 5.37. The molecule has 0 amide bonds. The third-order valence-electron chi connectivity index (χ3n) is 1.69. The zero-order chi connectivity index (χ0) is 10.7. The van der Waals surface area contributed by atoms with Crippen LogP contribution in [-0.2, 0) is 5.88 Å². The van der Waals surface area contributed by atoms with E-state index in [1.165, 1.54) is 6.20 Å². The minimum absolute atomic E-state index is 0.309. The third kappa shape index (κ3) is 2.44. The molecule has 15 heavy (non-hydrogen) atoms. The molecule has 1 N–H and O–H groups in total. The quantitative estimate of drug-likeness (QED) is 0.811. The van der Waals surface area contributed by atoms with Crippen LogP contribution in [0.2, 0.25) is 0 Å². The second-order valence-corrected chi connectivity index (χ2v) is 3.24. The van der Waals surface area contributed by atoms with Crippen LogP contribution in [0.15, 0.2) is 18.5 Å². The maximum Gasteiger partial charge on any atom is 0.240 e. The first-order valence-corrected chi connectivity index (χ1v) is 4.88. The van der Waals surface area contributed by atoms with Gasteiger partial charge in [-0.05, 0) is 6.92 Å². The highest BCUT2D eigenvalue weighted by atomic mass is 35.5. The molecule has 2 aromatic heterocycles. The van der Waals surface area contributed by atoms with E-state index in [4.69, 9.17) is 16.3 Å². The molecule has 78 valence electrons. The van der Waals surface area contributed by atoms with Crippen molar-refractivity contribution in [3.8, 4) is 11.8 Å². The van der Waals surface area contributed by atoms with Crippen molar-refractivity contribution in [3.05, 3.63) is 29.8 Å². The Kier molecular flexibility index (Phi) is 2.82. The van der Waals surface area contributed by atoms with E-state index in [2.05, 4.69) is 20.2 Å². The molecule has 0 fully saturated rings. The molecule has 0 bridgehead atoms. The van der Waals surface area contributed by atoms with Crippen LogP contribution in [-0.4, -0.2) is 20.2 Å². The summed E-state index contributed by atoms with van der Waals surface area (Å²) >= 11 is 5.63. The fraction of sp³-hybridized carbons (Fsp3) is 0.222. The molecule has 0 aliphatic heterocycles. The maximum absolute atomic E-state index is 5.63. The number of aryl methyl sites for hydroxylation is 1. The fourth-order valence-electron chi connectivity index (χ4n) is 1.05. The zero-order valence-corrected chi connectivity index (χ0v) is 8.82. The van der Waals surface area contributed by atoms with Crippen LogP contribution in [0.1, 0.15) is 11.4 Å². The number of rotatable bonds is 3. The lowest BCUT2D eigenvalue weighted by atomic mass is 10.5. The highest BCUT2D eigenvalue weighted by Gasteiger charge is 2.03. The molecule has 0 aliphatic carbocycles. The molecule has 2 rings (SSSR count). The van der Waals surface area contributed by atoms with Gasteiger partial charge in [-0.3, -0.25) is 10.1 Å². The Morgan fingerprint density at radius 3 is 2.93 bits per heavy atom. The standard InChI is InChI=1S/C9H9ClN4O/c1-6-2-8(14-13-6)15-9-5-11-4-7(3-10)12-9/h2,4-5H,3H2,1H3,(H,13,14). The molecule has 0 atom stereocenters. The van der Waals surface area contributed by atoms with Gasteiger partial charge in [-0.15, -0.1) is 16.7 Å². The smallest absolute Gasteiger partial charge is 0.240 e. The van der Waals surface area contributed by atoms with Crippen molar-refractivity contribution in [3.63, 3.8) is 0 Å². The van der Waals surface area contributed by atoms with Gasteiger partial charge in [0.25, 0.3) is 0 Å².